The first kappa shape index (κ1) is 19.7. The van der Waals surface area contributed by atoms with E-state index in [1.807, 2.05) is 6.07 Å². The van der Waals surface area contributed by atoms with Gasteiger partial charge in [0.2, 0.25) is 0 Å². The molecule has 1 aliphatic rings. The van der Waals surface area contributed by atoms with Crippen molar-refractivity contribution in [3.63, 3.8) is 0 Å². The Bertz CT molecular complexity index is 1120. The number of ether oxygens (including phenoxy) is 1. The van der Waals surface area contributed by atoms with Crippen LogP contribution in [0, 0.1) is 0 Å². The molecule has 1 fully saturated rings. The van der Waals surface area contributed by atoms with E-state index in [0.29, 0.717) is 27.6 Å². The number of aliphatic hydroxyl groups is 1. The second-order valence-electron chi connectivity index (χ2n) is 6.78. The minimum absolute atomic E-state index is 0.0244. The highest BCUT2D eigenvalue weighted by atomic mass is 35.5. The summed E-state index contributed by atoms with van der Waals surface area (Å²) < 4.78 is 5.22. The minimum Gasteiger partial charge on any atom is -0.507 e. The molecule has 1 unspecified atom stereocenters. The van der Waals surface area contributed by atoms with E-state index in [1.165, 1.54) is 4.90 Å². The summed E-state index contributed by atoms with van der Waals surface area (Å²) in [5.41, 5.74) is 1.67. The van der Waals surface area contributed by atoms with Crippen LogP contribution in [-0.4, -0.2) is 23.9 Å². The highest BCUT2D eigenvalue weighted by Gasteiger charge is 2.46. The van der Waals surface area contributed by atoms with Crippen molar-refractivity contribution in [1.82, 2.24) is 0 Å². The van der Waals surface area contributed by atoms with Crippen molar-refractivity contribution in [3.05, 3.63) is 101 Å². The minimum atomic E-state index is -0.783. The number of anilines is 1. The molecule has 0 aliphatic carbocycles. The number of carbonyl (C=O) groups excluding carboxylic acids is 2. The van der Waals surface area contributed by atoms with Crippen molar-refractivity contribution in [1.29, 1.82) is 0 Å². The molecular weight excluding hydrogens is 402 g/mol. The lowest BCUT2D eigenvalue weighted by atomic mass is 9.95. The molecule has 1 aliphatic heterocycles. The van der Waals surface area contributed by atoms with Gasteiger partial charge in [0, 0.05) is 16.3 Å². The van der Waals surface area contributed by atoms with E-state index < -0.39 is 17.7 Å². The molecule has 1 heterocycles. The third-order valence-corrected chi connectivity index (χ3v) is 5.28. The number of benzene rings is 3. The molecule has 3 aromatic carbocycles. The molecule has 5 nitrogen and oxygen atoms in total. The largest absolute Gasteiger partial charge is 0.507 e. The number of hydrogen-bond donors (Lipinski definition) is 1. The zero-order chi connectivity index (χ0) is 21.3. The van der Waals surface area contributed by atoms with Gasteiger partial charge in [-0.2, -0.15) is 0 Å². The molecule has 3 aromatic rings. The van der Waals surface area contributed by atoms with Gasteiger partial charge in [-0.1, -0.05) is 41.9 Å². The molecule has 6 heteroatoms. The van der Waals surface area contributed by atoms with E-state index in [9.17, 15) is 14.7 Å². The summed E-state index contributed by atoms with van der Waals surface area (Å²) in [4.78, 5) is 27.4. The van der Waals surface area contributed by atoms with Gasteiger partial charge < -0.3 is 9.84 Å². The number of para-hydroxylation sites is 1. The van der Waals surface area contributed by atoms with Crippen molar-refractivity contribution >= 4 is 34.7 Å². The smallest absolute Gasteiger partial charge is 0.300 e. The molecular formula is C24H18ClNO4. The van der Waals surface area contributed by atoms with E-state index in [4.69, 9.17) is 16.3 Å². The number of carbonyl (C=O) groups is 2. The molecule has 0 bridgehead atoms. The monoisotopic (exact) mass is 419 g/mol. The summed E-state index contributed by atoms with van der Waals surface area (Å²) in [5, 5.41) is 11.5. The van der Waals surface area contributed by atoms with E-state index in [0.717, 1.165) is 0 Å². The van der Waals surface area contributed by atoms with Crippen molar-refractivity contribution in [3.8, 4) is 5.75 Å². The number of amides is 1. The van der Waals surface area contributed by atoms with Gasteiger partial charge in [0.15, 0.2) is 0 Å². The Balaban J connectivity index is 1.92. The molecule has 0 spiro atoms. The molecule has 0 saturated carbocycles. The Labute approximate surface area is 178 Å². The van der Waals surface area contributed by atoms with Crippen LogP contribution in [0.5, 0.6) is 5.75 Å². The molecule has 30 heavy (non-hydrogen) atoms. The van der Waals surface area contributed by atoms with Gasteiger partial charge in [0.05, 0.1) is 18.7 Å². The predicted molar refractivity (Wildman–Crippen MR) is 116 cm³/mol. The standard InChI is InChI=1S/C24H18ClNO4/c1-30-19-13-9-15(10-14-19)21-20(22(27)16-7-11-17(25)12-8-16)23(28)24(29)26(21)18-5-3-2-4-6-18/h2-14,21,27H,1H3/b22-20-. The van der Waals surface area contributed by atoms with Gasteiger partial charge in [0.1, 0.15) is 11.5 Å². The van der Waals surface area contributed by atoms with Crippen LogP contribution in [0.4, 0.5) is 5.69 Å². The van der Waals surface area contributed by atoms with E-state index in [1.54, 1.807) is 79.9 Å². The van der Waals surface area contributed by atoms with E-state index in [2.05, 4.69) is 0 Å². The third kappa shape index (κ3) is 3.44. The number of Topliss-reactive ketones (excluding diaryl/α,β-unsaturated/α-hetero) is 1. The molecule has 0 radical (unpaired) electrons. The maximum Gasteiger partial charge on any atom is 0.300 e. The quantitative estimate of drug-likeness (QED) is 0.368. The molecule has 1 atom stereocenters. The van der Waals surface area contributed by atoms with Gasteiger partial charge in [-0.05, 0) is 54.1 Å². The fourth-order valence-electron chi connectivity index (χ4n) is 3.55. The van der Waals surface area contributed by atoms with Crippen molar-refractivity contribution < 1.29 is 19.4 Å². The summed E-state index contributed by atoms with van der Waals surface area (Å²) in [6.07, 6.45) is 0. The molecule has 1 saturated heterocycles. The lowest BCUT2D eigenvalue weighted by molar-refractivity contribution is -0.132. The maximum atomic E-state index is 13.0. The van der Waals surface area contributed by atoms with Gasteiger partial charge in [-0.25, -0.2) is 0 Å². The highest BCUT2D eigenvalue weighted by Crippen LogP contribution is 2.42. The number of nitrogens with zero attached hydrogens (tertiary/aromatic N) is 1. The van der Waals surface area contributed by atoms with Crippen molar-refractivity contribution in [2.45, 2.75) is 6.04 Å². The van der Waals surface area contributed by atoms with E-state index >= 15 is 0 Å². The molecule has 1 amide bonds. The van der Waals surface area contributed by atoms with Crippen LogP contribution in [0.2, 0.25) is 5.02 Å². The zero-order valence-corrected chi connectivity index (χ0v) is 16.8. The second-order valence-corrected chi connectivity index (χ2v) is 7.22. The molecule has 150 valence electrons. The third-order valence-electron chi connectivity index (χ3n) is 5.03. The summed E-state index contributed by atoms with van der Waals surface area (Å²) in [5.74, 6) is -1.04. The van der Waals surface area contributed by atoms with Crippen LogP contribution in [0.25, 0.3) is 5.76 Å². The molecule has 4 rings (SSSR count). The maximum absolute atomic E-state index is 13.0. The fourth-order valence-corrected chi connectivity index (χ4v) is 3.68. The number of methoxy groups -OCH3 is 1. The lowest BCUT2D eigenvalue weighted by Gasteiger charge is -2.25. The lowest BCUT2D eigenvalue weighted by Crippen LogP contribution is -2.29. The van der Waals surface area contributed by atoms with Crippen LogP contribution in [0.3, 0.4) is 0 Å². The van der Waals surface area contributed by atoms with Crippen LogP contribution < -0.4 is 9.64 Å². The summed E-state index contributed by atoms with van der Waals surface area (Å²) in [7, 11) is 1.56. The van der Waals surface area contributed by atoms with Gasteiger partial charge in [-0.3, -0.25) is 14.5 Å². The zero-order valence-electron chi connectivity index (χ0n) is 16.1. The van der Waals surface area contributed by atoms with Gasteiger partial charge in [0.25, 0.3) is 11.7 Å². The summed E-state index contributed by atoms with van der Waals surface area (Å²) in [6, 6.07) is 21.7. The second kappa shape index (κ2) is 8.05. The number of halogens is 1. The van der Waals surface area contributed by atoms with Crippen LogP contribution in [0.1, 0.15) is 17.2 Å². The Morgan fingerprint density at radius 3 is 2.17 bits per heavy atom. The Hall–Kier alpha value is -3.57. The van der Waals surface area contributed by atoms with E-state index in [-0.39, 0.29) is 11.3 Å². The first-order valence-electron chi connectivity index (χ1n) is 9.27. The number of aliphatic hydroxyl groups excluding tert-OH is 1. The first-order chi connectivity index (χ1) is 14.5. The van der Waals surface area contributed by atoms with Crippen molar-refractivity contribution in [2.24, 2.45) is 0 Å². The topological polar surface area (TPSA) is 66.8 Å². The van der Waals surface area contributed by atoms with Gasteiger partial charge >= 0.3 is 0 Å². The average molecular weight is 420 g/mol. The van der Waals surface area contributed by atoms with Gasteiger partial charge in [-0.15, -0.1) is 0 Å². The normalized spacial score (nSPS) is 17.9. The Morgan fingerprint density at radius 2 is 1.57 bits per heavy atom. The fraction of sp³-hybridized carbons (Fsp3) is 0.0833. The average Bonchev–Trinajstić information content (AvgIpc) is 3.05. The Kier molecular flexibility index (Phi) is 5.29. The summed E-state index contributed by atoms with van der Waals surface area (Å²) in [6.45, 7) is 0. The first-order valence-corrected chi connectivity index (χ1v) is 9.65. The number of rotatable bonds is 4. The summed E-state index contributed by atoms with van der Waals surface area (Å²) >= 11 is 5.95. The van der Waals surface area contributed by atoms with Crippen LogP contribution in [0.15, 0.2) is 84.4 Å². The number of ketones is 1. The number of hydrogen-bond acceptors (Lipinski definition) is 4. The van der Waals surface area contributed by atoms with Crippen molar-refractivity contribution in [2.75, 3.05) is 12.0 Å². The SMILES string of the molecule is COc1ccc(C2/C(=C(/O)c3ccc(Cl)cc3)C(=O)C(=O)N2c2ccccc2)cc1. The van der Waals surface area contributed by atoms with Crippen LogP contribution in [-0.2, 0) is 9.59 Å². The predicted octanol–water partition coefficient (Wildman–Crippen LogP) is 4.97. The molecule has 1 N–H and O–H groups in total. The molecule has 0 aromatic heterocycles. The Morgan fingerprint density at radius 1 is 0.933 bits per heavy atom. The highest BCUT2D eigenvalue weighted by molar-refractivity contribution is 6.51. The van der Waals surface area contributed by atoms with Crippen LogP contribution >= 0.6 is 11.6 Å².